The molecule has 1 aromatic rings. The van der Waals surface area contributed by atoms with Crippen molar-refractivity contribution in [2.75, 3.05) is 24.7 Å². The molecule has 1 fully saturated rings. The predicted molar refractivity (Wildman–Crippen MR) is 94.0 cm³/mol. The maximum Gasteiger partial charge on any atom is 0.334 e. The Hall–Kier alpha value is -2.74. The lowest BCUT2D eigenvalue weighted by atomic mass is 10.1. The maximum absolute atomic E-state index is 12.8. The second kappa shape index (κ2) is 7.25. The van der Waals surface area contributed by atoms with E-state index >= 15 is 0 Å². The molecule has 0 aromatic heterocycles. The second-order valence-corrected chi connectivity index (χ2v) is 6.49. The van der Waals surface area contributed by atoms with Gasteiger partial charge in [-0.15, -0.1) is 0 Å². The third kappa shape index (κ3) is 3.60. The van der Waals surface area contributed by atoms with E-state index in [1.54, 1.807) is 0 Å². The van der Waals surface area contributed by atoms with Gasteiger partial charge in [0, 0.05) is 19.4 Å². The van der Waals surface area contributed by atoms with E-state index in [9.17, 15) is 14.4 Å². The monoisotopic (exact) mass is 359 g/mol. The standard InChI is InChI=1S/C18H21N3O5/c1-11-3-4-12(2)14(9-11)21-16(22)6-5-13(19-21)17(23)20-7-8-26-15(10-20)18(24)25/h3-4,9,15H,5-8,10H2,1-2H3,(H,24,25). The highest BCUT2D eigenvalue weighted by Crippen LogP contribution is 2.26. The summed E-state index contributed by atoms with van der Waals surface area (Å²) in [5, 5.41) is 14.7. The molecule has 8 heteroatoms. The third-order valence-corrected chi connectivity index (χ3v) is 4.50. The number of amides is 2. The first-order valence-corrected chi connectivity index (χ1v) is 8.48. The van der Waals surface area contributed by atoms with Gasteiger partial charge in [-0.05, 0) is 31.0 Å². The van der Waals surface area contributed by atoms with E-state index in [1.165, 1.54) is 9.91 Å². The summed E-state index contributed by atoms with van der Waals surface area (Å²) in [6.45, 7) is 4.25. The van der Waals surface area contributed by atoms with Crippen molar-refractivity contribution in [1.29, 1.82) is 0 Å². The molecule has 138 valence electrons. The number of hydrogen-bond donors (Lipinski definition) is 1. The number of aryl methyl sites for hydroxylation is 2. The first-order chi connectivity index (χ1) is 12.4. The number of carboxylic acids is 1. The van der Waals surface area contributed by atoms with Gasteiger partial charge in [0.2, 0.25) is 5.91 Å². The van der Waals surface area contributed by atoms with Gasteiger partial charge in [0.15, 0.2) is 6.10 Å². The van der Waals surface area contributed by atoms with E-state index in [4.69, 9.17) is 9.84 Å². The molecule has 2 heterocycles. The normalized spacial score (nSPS) is 20.8. The largest absolute Gasteiger partial charge is 0.479 e. The first kappa shape index (κ1) is 18.1. The van der Waals surface area contributed by atoms with Crippen LogP contribution in [0.25, 0.3) is 0 Å². The Balaban J connectivity index is 1.85. The molecule has 8 nitrogen and oxygen atoms in total. The molecule has 2 aliphatic rings. The maximum atomic E-state index is 12.8. The van der Waals surface area contributed by atoms with Crippen molar-refractivity contribution in [2.24, 2.45) is 5.10 Å². The zero-order chi connectivity index (χ0) is 18.8. The Bertz CT molecular complexity index is 789. The summed E-state index contributed by atoms with van der Waals surface area (Å²) in [6.07, 6.45) is -0.604. The fourth-order valence-corrected chi connectivity index (χ4v) is 3.01. The van der Waals surface area contributed by atoms with E-state index in [1.807, 2.05) is 32.0 Å². The SMILES string of the molecule is Cc1ccc(C)c(N2N=C(C(=O)N3CCOC(C(=O)O)C3)CCC2=O)c1. The molecule has 0 bridgehead atoms. The molecule has 0 radical (unpaired) electrons. The molecule has 26 heavy (non-hydrogen) atoms. The number of benzene rings is 1. The van der Waals surface area contributed by atoms with Crippen molar-refractivity contribution >= 4 is 29.2 Å². The summed E-state index contributed by atoms with van der Waals surface area (Å²) in [6, 6.07) is 5.71. The Labute approximate surface area is 151 Å². The minimum absolute atomic E-state index is 0.0232. The fraction of sp³-hybridized carbons (Fsp3) is 0.444. The number of ether oxygens (including phenoxy) is 1. The minimum atomic E-state index is -1.10. The second-order valence-electron chi connectivity index (χ2n) is 6.49. The summed E-state index contributed by atoms with van der Waals surface area (Å²) >= 11 is 0. The number of carboxylic acid groups (broad SMARTS) is 1. The van der Waals surface area contributed by atoms with Crippen LogP contribution in [0.2, 0.25) is 0 Å². The summed E-state index contributed by atoms with van der Waals surface area (Å²) in [5.41, 5.74) is 2.80. The van der Waals surface area contributed by atoms with E-state index in [2.05, 4.69) is 5.10 Å². The van der Waals surface area contributed by atoms with E-state index in [0.717, 1.165) is 11.1 Å². The van der Waals surface area contributed by atoms with Gasteiger partial charge in [-0.1, -0.05) is 12.1 Å². The van der Waals surface area contributed by atoms with Crippen LogP contribution in [-0.4, -0.2) is 59.3 Å². The van der Waals surface area contributed by atoms with Crippen molar-refractivity contribution in [3.05, 3.63) is 29.3 Å². The summed E-state index contributed by atoms with van der Waals surface area (Å²) in [5.74, 6) is -1.61. The molecule has 2 amide bonds. The lowest BCUT2D eigenvalue weighted by Crippen LogP contribution is -2.51. The van der Waals surface area contributed by atoms with Crippen LogP contribution in [0.5, 0.6) is 0 Å². The zero-order valence-electron chi connectivity index (χ0n) is 14.8. The van der Waals surface area contributed by atoms with Crippen LogP contribution < -0.4 is 5.01 Å². The van der Waals surface area contributed by atoms with Crippen LogP contribution in [0.4, 0.5) is 5.69 Å². The molecule has 1 saturated heterocycles. The molecule has 0 spiro atoms. The molecule has 3 rings (SSSR count). The van der Waals surface area contributed by atoms with Gasteiger partial charge in [-0.3, -0.25) is 9.59 Å². The quantitative estimate of drug-likeness (QED) is 0.871. The van der Waals surface area contributed by atoms with Gasteiger partial charge in [0.25, 0.3) is 5.91 Å². The molecular weight excluding hydrogens is 338 g/mol. The highest BCUT2D eigenvalue weighted by atomic mass is 16.5. The Kier molecular flexibility index (Phi) is 5.03. The number of hydrogen-bond acceptors (Lipinski definition) is 5. The van der Waals surface area contributed by atoms with Crippen molar-refractivity contribution in [3.63, 3.8) is 0 Å². The summed E-state index contributed by atoms with van der Waals surface area (Å²) in [4.78, 5) is 37.6. The lowest BCUT2D eigenvalue weighted by Gasteiger charge is -2.32. The number of anilines is 1. The van der Waals surface area contributed by atoms with Crippen LogP contribution in [0, 0.1) is 13.8 Å². The summed E-state index contributed by atoms with van der Waals surface area (Å²) in [7, 11) is 0. The Morgan fingerprint density at radius 1 is 1.27 bits per heavy atom. The molecule has 1 atom stereocenters. The molecular formula is C18H21N3O5. The third-order valence-electron chi connectivity index (χ3n) is 4.50. The van der Waals surface area contributed by atoms with E-state index in [0.29, 0.717) is 12.2 Å². The number of carbonyl (C=O) groups is 3. The van der Waals surface area contributed by atoms with E-state index in [-0.39, 0.29) is 43.5 Å². The van der Waals surface area contributed by atoms with Gasteiger partial charge >= 0.3 is 5.97 Å². The number of morpholine rings is 1. The smallest absolute Gasteiger partial charge is 0.334 e. The number of aliphatic carboxylic acids is 1. The number of hydrazone groups is 1. The average molecular weight is 359 g/mol. The van der Waals surface area contributed by atoms with Crippen LogP contribution >= 0.6 is 0 Å². The summed E-state index contributed by atoms with van der Waals surface area (Å²) < 4.78 is 5.15. The van der Waals surface area contributed by atoms with Crippen molar-refractivity contribution in [2.45, 2.75) is 32.8 Å². The van der Waals surface area contributed by atoms with Crippen molar-refractivity contribution in [1.82, 2.24) is 4.90 Å². The topological polar surface area (TPSA) is 99.5 Å². The molecule has 0 saturated carbocycles. The number of carbonyl (C=O) groups excluding carboxylic acids is 2. The van der Waals surface area contributed by atoms with Gasteiger partial charge in [-0.25, -0.2) is 9.80 Å². The van der Waals surface area contributed by atoms with Gasteiger partial charge in [0.05, 0.1) is 18.8 Å². The lowest BCUT2D eigenvalue weighted by molar-refractivity contribution is -0.157. The molecule has 1 unspecified atom stereocenters. The highest BCUT2D eigenvalue weighted by molar-refractivity contribution is 6.40. The van der Waals surface area contributed by atoms with E-state index < -0.39 is 12.1 Å². The van der Waals surface area contributed by atoms with Gasteiger partial charge in [-0.2, -0.15) is 5.10 Å². The minimum Gasteiger partial charge on any atom is -0.479 e. The highest BCUT2D eigenvalue weighted by Gasteiger charge is 2.33. The fourth-order valence-electron chi connectivity index (χ4n) is 3.01. The van der Waals surface area contributed by atoms with Crippen LogP contribution in [0.15, 0.2) is 23.3 Å². The molecule has 0 aliphatic carbocycles. The predicted octanol–water partition coefficient (Wildman–Crippen LogP) is 1.10. The van der Waals surface area contributed by atoms with Crippen LogP contribution in [0.3, 0.4) is 0 Å². The number of nitrogens with zero attached hydrogens (tertiary/aromatic N) is 3. The zero-order valence-corrected chi connectivity index (χ0v) is 14.8. The molecule has 1 aromatic carbocycles. The van der Waals surface area contributed by atoms with Crippen LogP contribution in [-0.2, 0) is 19.1 Å². The Morgan fingerprint density at radius 2 is 2.04 bits per heavy atom. The number of rotatable bonds is 3. The van der Waals surface area contributed by atoms with Crippen LogP contribution in [0.1, 0.15) is 24.0 Å². The van der Waals surface area contributed by atoms with Crippen molar-refractivity contribution in [3.8, 4) is 0 Å². The van der Waals surface area contributed by atoms with Crippen molar-refractivity contribution < 1.29 is 24.2 Å². The first-order valence-electron chi connectivity index (χ1n) is 8.48. The molecule has 1 N–H and O–H groups in total. The Morgan fingerprint density at radius 3 is 2.77 bits per heavy atom. The van der Waals surface area contributed by atoms with Gasteiger partial charge in [0.1, 0.15) is 5.71 Å². The van der Waals surface area contributed by atoms with Gasteiger partial charge < -0.3 is 14.7 Å². The average Bonchev–Trinajstić information content (AvgIpc) is 2.64. The molecule has 2 aliphatic heterocycles.